The van der Waals surface area contributed by atoms with Crippen molar-refractivity contribution < 1.29 is 18.8 Å². The van der Waals surface area contributed by atoms with E-state index in [1.165, 1.54) is 0 Å². The molecule has 1 fully saturated rings. The molecule has 2 atom stereocenters. The number of quaternary nitrogens is 1. The number of carbonyl (C=O) groups is 1. The average Bonchev–Trinajstić information content (AvgIpc) is 2.42. The Bertz CT molecular complexity index is 485. The third kappa shape index (κ3) is 7.96. The van der Waals surface area contributed by atoms with Crippen molar-refractivity contribution in [3.63, 3.8) is 0 Å². The summed E-state index contributed by atoms with van der Waals surface area (Å²) in [6.45, 7) is 11.4. The largest absolute Gasteiger partial charge is 0.444 e. The molecule has 0 aromatic heterocycles. The highest BCUT2D eigenvalue weighted by Crippen LogP contribution is 2.46. The number of nitriles is 1. The Morgan fingerprint density at radius 1 is 1.28 bits per heavy atom. The molecule has 0 bridgehead atoms. The Hall–Kier alpha value is -1.48. The first-order valence-corrected chi connectivity index (χ1v) is 9.27. The SMILES string of the molecule is CCC[N+](C)(C)CCOC(=O)NC1CC(C)(C)CC(C)(COC#N)C1. The molecule has 1 aliphatic carbocycles. The molecule has 2 unspecified atom stereocenters. The Labute approximate surface area is 153 Å². The van der Waals surface area contributed by atoms with E-state index in [-0.39, 0.29) is 23.0 Å². The number of hydrogen-bond acceptors (Lipinski definition) is 4. The molecule has 25 heavy (non-hydrogen) atoms. The molecule has 0 aromatic rings. The van der Waals surface area contributed by atoms with Gasteiger partial charge in [0.15, 0.2) is 0 Å². The van der Waals surface area contributed by atoms with Gasteiger partial charge in [0, 0.05) is 11.5 Å². The third-order valence-electron chi connectivity index (χ3n) is 5.01. The van der Waals surface area contributed by atoms with Gasteiger partial charge in [0.25, 0.3) is 6.26 Å². The molecule has 1 rings (SSSR count). The predicted molar refractivity (Wildman–Crippen MR) is 97.7 cm³/mol. The van der Waals surface area contributed by atoms with Crippen LogP contribution in [0.2, 0.25) is 0 Å². The number of amides is 1. The van der Waals surface area contributed by atoms with Crippen LogP contribution < -0.4 is 5.32 Å². The molecule has 1 saturated carbocycles. The van der Waals surface area contributed by atoms with Gasteiger partial charge in [0.05, 0.1) is 20.6 Å². The number of nitrogens with zero attached hydrogens (tertiary/aromatic N) is 2. The second-order valence-electron chi connectivity index (χ2n) is 9.30. The lowest BCUT2D eigenvalue weighted by molar-refractivity contribution is -0.890. The van der Waals surface area contributed by atoms with E-state index in [1.54, 1.807) is 6.26 Å². The predicted octanol–water partition coefficient (Wildman–Crippen LogP) is 3.28. The summed E-state index contributed by atoms with van der Waals surface area (Å²) in [5.41, 5.74) is -0.0286. The Kier molecular flexibility index (Phi) is 7.55. The van der Waals surface area contributed by atoms with Crippen molar-refractivity contribution in [3.8, 4) is 6.26 Å². The van der Waals surface area contributed by atoms with Gasteiger partial charge in [-0.1, -0.05) is 27.7 Å². The summed E-state index contributed by atoms with van der Waals surface area (Å²) < 4.78 is 11.3. The molecule has 0 saturated heterocycles. The lowest BCUT2D eigenvalue weighted by Crippen LogP contribution is -2.49. The van der Waals surface area contributed by atoms with E-state index in [4.69, 9.17) is 14.7 Å². The average molecular weight is 355 g/mol. The van der Waals surface area contributed by atoms with Gasteiger partial charge in [-0.05, 0) is 31.1 Å². The number of nitrogens with one attached hydrogen (secondary N) is 1. The standard InChI is InChI=1S/C19H35N3O3/c1-7-8-22(5,6)9-10-25-17(23)21-16-11-18(2,3)13-19(4,12-16)14-24-15-20/h16H,7-14H2,1-6H3/p+1. The number of carbonyl (C=O) groups excluding carboxylic acids is 1. The fraction of sp³-hybridized carbons (Fsp3) is 0.895. The van der Waals surface area contributed by atoms with Crippen LogP contribution >= 0.6 is 0 Å². The summed E-state index contributed by atoms with van der Waals surface area (Å²) in [5.74, 6) is 0. The van der Waals surface area contributed by atoms with Crippen LogP contribution in [0, 0.1) is 22.3 Å². The first-order valence-electron chi connectivity index (χ1n) is 9.27. The second kappa shape index (κ2) is 8.75. The third-order valence-corrected chi connectivity index (χ3v) is 5.01. The molecule has 144 valence electrons. The molecule has 0 radical (unpaired) electrons. The highest BCUT2D eigenvalue weighted by molar-refractivity contribution is 5.67. The van der Waals surface area contributed by atoms with Crippen LogP contribution in [0.5, 0.6) is 0 Å². The minimum Gasteiger partial charge on any atom is -0.444 e. The molecule has 0 aromatic carbocycles. The molecule has 0 aliphatic heterocycles. The van der Waals surface area contributed by atoms with Crippen LogP contribution in [0.25, 0.3) is 0 Å². The number of alkyl carbamates (subject to hydrolysis) is 1. The van der Waals surface area contributed by atoms with E-state index >= 15 is 0 Å². The first kappa shape index (κ1) is 21.6. The van der Waals surface area contributed by atoms with E-state index in [0.717, 1.165) is 43.3 Å². The lowest BCUT2D eigenvalue weighted by atomic mass is 9.63. The number of ether oxygens (including phenoxy) is 2. The molecule has 1 aliphatic rings. The quantitative estimate of drug-likeness (QED) is 0.536. The van der Waals surface area contributed by atoms with E-state index in [0.29, 0.717) is 13.2 Å². The normalized spacial score (nSPS) is 25.7. The van der Waals surface area contributed by atoms with Crippen LogP contribution in [0.1, 0.15) is 53.4 Å². The van der Waals surface area contributed by atoms with Gasteiger partial charge < -0.3 is 19.3 Å². The van der Waals surface area contributed by atoms with E-state index in [9.17, 15) is 4.79 Å². The van der Waals surface area contributed by atoms with Crippen molar-refractivity contribution in [1.29, 1.82) is 5.26 Å². The van der Waals surface area contributed by atoms with E-state index < -0.39 is 0 Å². The van der Waals surface area contributed by atoms with Gasteiger partial charge in [-0.25, -0.2) is 4.79 Å². The van der Waals surface area contributed by atoms with Gasteiger partial charge in [-0.3, -0.25) is 0 Å². The maximum absolute atomic E-state index is 12.2. The van der Waals surface area contributed by atoms with Crippen molar-refractivity contribution in [2.24, 2.45) is 10.8 Å². The maximum Gasteiger partial charge on any atom is 0.407 e. The summed E-state index contributed by atoms with van der Waals surface area (Å²) in [6, 6.07) is 0.0432. The van der Waals surface area contributed by atoms with Crippen molar-refractivity contribution in [2.45, 2.75) is 59.4 Å². The summed E-state index contributed by atoms with van der Waals surface area (Å²) in [6.07, 6.45) is 5.20. The Morgan fingerprint density at radius 2 is 1.96 bits per heavy atom. The van der Waals surface area contributed by atoms with Crippen LogP contribution in [0.15, 0.2) is 0 Å². The van der Waals surface area contributed by atoms with Crippen molar-refractivity contribution in [2.75, 3.05) is 40.4 Å². The first-order chi connectivity index (χ1) is 11.5. The van der Waals surface area contributed by atoms with Gasteiger partial charge in [0.2, 0.25) is 0 Å². The summed E-state index contributed by atoms with van der Waals surface area (Å²) in [7, 11) is 4.30. The van der Waals surface area contributed by atoms with Gasteiger partial charge in [0.1, 0.15) is 19.8 Å². The molecule has 6 nitrogen and oxygen atoms in total. The van der Waals surface area contributed by atoms with Gasteiger partial charge >= 0.3 is 6.09 Å². The van der Waals surface area contributed by atoms with Gasteiger partial charge in [-0.15, -0.1) is 0 Å². The zero-order valence-corrected chi connectivity index (χ0v) is 16.9. The minimum atomic E-state index is -0.345. The molecule has 0 spiro atoms. The second-order valence-corrected chi connectivity index (χ2v) is 9.30. The van der Waals surface area contributed by atoms with Crippen LogP contribution in [-0.4, -0.2) is 57.0 Å². The summed E-state index contributed by atoms with van der Waals surface area (Å²) >= 11 is 0. The van der Waals surface area contributed by atoms with Crippen LogP contribution in [0.3, 0.4) is 0 Å². The van der Waals surface area contributed by atoms with Crippen molar-refractivity contribution in [1.82, 2.24) is 5.32 Å². The zero-order chi connectivity index (χ0) is 19.1. The number of rotatable bonds is 8. The fourth-order valence-electron chi connectivity index (χ4n) is 4.36. The van der Waals surface area contributed by atoms with Crippen molar-refractivity contribution in [3.05, 3.63) is 0 Å². The monoisotopic (exact) mass is 354 g/mol. The smallest absolute Gasteiger partial charge is 0.407 e. The zero-order valence-electron chi connectivity index (χ0n) is 16.9. The molecule has 1 N–H and O–H groups in total. The van der Waals surface area contributed by atoms with Gasteiger partial charge in [-0.2, -0.15) is 5.26 Å². The number of likely N-dealkylation sites (N-methyl/N-ethyl adjacent to an activating group) is 1. The number of hydrogen-bond donors (Lipinski definition) is 1. The molecule has 6 heteroatoms. The Morgan fingerprint density at radius 3 is 2.56 bits per heavy atom. The van der Waals surface area contributed by atoms with Crippen LogP contribution in [0.4, 0.5) is 4.79 Å². The highest BCUT2D eigenvalue weighted by Gasteiger charge is 2.42. The maximum atomic E-state index is 12.2. The van der Waals surface area contributed by atoms with E-state index in [2.05, 4.69) is 47.1 Å². The minimum absolute atomic E-state index is 0.0432. The summed E-state index contributed by atoms with van der Waals surface area (Å²) in [4.78, 5) is 12.2. The molecular weight excluding hydrogens is 318 g/mol. The Balaban J connectivity index is 2.51. The van der Waals surface area contributed by atoms with Crippen molar-refractivity contribution >= 4 is 6.09 Å². The molecular formula is C19H36N3O3+. The lowest BCUT2D eigenvalue weighted by Gasteiger charge is -2.45. The highest BCUT2D eigenvalue weighted by atomic mass is 16.5. The van der Waals surface area contributed by atoms with Crippen LogP contribution in [-0.2, 0) is 9.47 Å². The molecule has 0 heterocycles. The fourth-order valence-corrected chi connectivity index (χ4v) is 4.36. The van der Waals surface area contributed by atoms with E-state index in [1.807, 2.05) is 0 Å². The topological polar surface area (TPSA) is 71.3 Å². The molecule has 1 amide bonds. The summed E-state index contributed by atoms with van der Waals surface area (Å²) in [5, 5.41) is 11.7.